The monoisotopic (exact) mass is 294 g/mol. The molecule has 1 fully saturated rings. The molecule has 1 atom stereocenters. The van der Waals surface area contributed by atoms with Gasteiger partial charge in [0.2, 0.25) is 5.91 Å². The number of aliphatic carboxylic acids is 1. The fourth-order valence-electron chi connectivity index (χ4n) is 2.02. The highest BCUT2D eigenvalue weighted by Gasteiger charge is 2.20. The summed E-state index contributed by atoms with van der Waals surface area (Å²) in [7, 11) is 0. The number of carbonyl (C=O) groups excluding carboxylic acids is 1. The maximum absolute atomic E-state index is 12.1. The summed E-state index contributed by atoms with van der Waals surface area (Å²) in [6, 6.07) is 7.19. The van der Waals surface area contributed by atoms with Crippen LogP contribution in [0.2, 0.25) is 0 Å². The van der Waals surface area contributed by atoms with E-state index in [2.05, 4.69) is 10.6 Å². The molecule has 0 bridgehead atoms. The Morgan fingerprint density at radius 3 is 3.00 bits per heavy atom. The van der Waals surface area contributed by atoms with Crippen LogP contribution in [0.1, 0.15) is 12.0 Å². The molecule has 0 aromatic heterocycles. The van der Waals surface area contributed by atoms with Crippen LogP contribution in [0, 0.1) is 0 Å². The Balaban J connectivity index is 1.93. The smallest absolute Gasteiger partial charge is 0.303 e. The molecule has 108 valence electrons. The van der Waals surface area contributed by atoms with Crippen LogP contribution in [0.25, 0.3) is 0 Å². The van der Waals surface area contributed by atoms with Crippen LogP contribution in [0.4, 0.5) is 5.69 Å². The first kappa shape index (κ1) is 14.9. The Morgan fingerprint density at radius 1 is 1.45 bits per heavy atom. The molecule has 1 aliphatic heterocycles. The number of anilines is 1. The standard InChI is InChI=1S/C14H18N2O3S/c17-13(18)5-4-10-2-1-3-11(8-10)16-14(19)12-9-20-7-6-15-12/h1-3,8,12,15H,4-7,9H2,(H,16,19)(H,17,18). The predicted octanol–water partition coefficient (Wildman–Crippen LogP) is 1.35. The Bertz CT molecular complexity index is 487. The second-order valence-electron chi connectivity index (χ2n) is 4.66. The molecule has 5 nitrogen and oxygen atoms in total. The first-order valence-corrected chi connectivity index (χ1v) is 7.73. The number of nitrogens with one attached hydrogen (secondary N) is 2. The van der Waals surface area contributed by atoms with E-state index in [4.69, 9.17) is 5.11 Å². The maximum atomic E-state index is 12.1. The number of hydrogen-bond donors (Lipinski definition) is 3. The molecule has 1 aliphatic rings. The molecule has 1 aromatic rings. The van der Waals surface area contributed by atoms with Crippen LogP contribution in [0.3, 0.4) is 0 Å². The van der Waals surface area contributed by atoms with Crippen molar-refractivity contribution in [3.05, 3.63) is 29.8 Å². The molecule has 0 spiro atoms. The van der Waals surface area contributed by atoms with Crippen LogP contribution in [0.5, 0.6) is 0 Å². The van der Waals surface area contributed by atoms with E-state index in [0.29, 0.717) is 6.42 Å². The minimum atomic E-state index is -0.817. The molecular weight excluding hydrogens is 276 g/mol. The highest BCUT2D eigenvalue weighted by atomic mass is 32.2. The van der Waals surface area contributed by atoms with Gasteiger partial charge in [0.15, 0.2) is 0 Å². The zero-order valence-corrected chi connectivity index (χ0v) is 11.9. The summed E-state index contributed by atoms with van der Waals surface area (Å²) < 4.78 is 0. The van der Waals surface area contributed by atoms with Gasteiger partial charge in [-0.05, 0) is 24.1 Å². The van der Waals surface area contributed by atoms with Crippen LogP contribution in [-0.4, -0.2) is 41.1 Å². The third-order valence-corrected chi connectivity index (χ3v) is 4.12. The second-order valence-corrected chi connectivity index (χ2v) is 5.81. The number of thioether (sulfide) groups is 1. The second kappa shape index (κ2) is 7.31. The number of carbonyl (C=O) groups is 2. The summed E-state index contributed by atoms with van der Waals surface area (Å²) in [4.78, 5) is 22.6. The average Bonchev–Trinajstić information content (AvgIpc) is 2.46. The number of aryl methyl sites for hydroxylation is 1. The summed E-state index contributed by atoms with van der Waals surface area (Å²) in [5.41, 5.74) is 1.63. The van der Waals surface area contributed by atoms with Crippen LogP contribution < -0.4 is 10.6 Å². The van der Waals surface area contributed by atoms with Gasteiger partial charge in [0.25, 0.3) is 0 Å². The van der Waals surface area contributed by atoms with Crippen molar-refractivity contribution in [1.29, 1.82) is 0 Å². The highest BCUT2D eigenvalue weighted by Crippen LogP contribution is 2.14. The minimum Gasteiger partial charge on any atom is -0.481 e. The molecule has 1 unspecified atom stereocenters. The van der Waals surface area contributed by atoms with E-state index < -0.39 is 5.97 Å². The van der Waals surface area contributed by atoms with Gasteiger partial charge in [-0.25, -0.2) is 0 Å². The molecule has 1 amide bonds. The molecule has 20 heavy (non-hydrogen) atoms. The molecule has 0 aliphatic carbocycles. The number of amides is 1. The molecule has 1 saturated heterocycles. The fraction of sp³-hybridized carbons (Fsp3) is 0.429. The van der Waals surface area contributed by atoms with Crippen molar-refractivity contribution in [3.8, 4) is 0 Å². The number of carboxylic acid groups (broad SMARTS) is 1. The number of carboxylic acids is 1. The minimum absolute atomic E-state index is 0.0346. The summed E-state index contributed by atoms with van der Waals surface area (Å²) in [6.45, 7) is 0.849. The van der Waals surface area contributed by atoms with Crippen molar-refractivity contribution in [2.24, 2.45) is 0 Å². The van der Waals surface area contributed by atoms with E-state index in [1.807, 2.05) is 24.3 Å². The van der Waals surface area contributed by atoms with Crippen molar-refractivity contribution in [2.45, 2.75) is 18.9 Å². The van der Waals surface area contributed by atoms with Gasteiger partial charge in [0.1, 0.15) is 0 Å². The van der Waals surface area contributed by atoms with Gasteiger partial charge in [-0.3, -0.25) is 9.59 Å². The van der Waals surface area contributed by atoms with E-state index >= 15 is 0 Å². The van der Waals surface area contributed by atoms with Gasteiger partial charge in [0, 0.05) is 30.2 Å². The third-order valence-electron chi connectivity index (χ3n) is 3.06. The summed E-state index contributed by atoms with van der Waals surface area (Å²) in [5.74, 6) is 0.967. The lowest BCUT2D eigenvalue weighted by atomic mass is 10.1. The molecular formula is C14H18N2O3S. The third kappa shape index (κ3) is 4.54. The lowest BCUT2D eigenvalue weighted by molar-refractivity contribution is -0.137. The summed E-state index contributed by atoms with van der Waals surface area (Å²) in [6.07, 6.45) is 0.564. The van der Waals surface area contributed by atoms with E-state index in [1.54, 1.807) is 11.8 Å². The van der Waals surface area contributed by atoms with Crippen molar-refractivity contribution in [1.82, 2.24) is 5.32 Å². The number of rotatable bonds is 5. The van der Waals surface area contributed by atoms with Gasteiger partial charge in [-0.15, -0.1) is 0 Å². The Morgan fingerprint density at radius 2 is 2.30 bits per heavy atom. The van der Waals surface area contributed by atoms with E-state index in [9.17, 15) is 9.59 Å². The van der Waals surface area contributed by atoms with Gasteiger partial charge < -0.3 is 15.7 Å². The maximum Gasteiger partial charge on any atom is 0.303 e. The van der Waals surface area contributed by atoms with Crippen LogP contribution >= 0.6 is 11.8 Å². The highest BCUT2D eigenvalue weighted by molar-refractivity contribution is 7.99. The van der Waals surface area contributed by atoms with E-state index in [0.717, 1.165) is 29.3 Å². The normalized spacial score (nSPS) is 18.5. The summed E-state index contributed by atoms with van der Waals surface area (Å²) >= 11 is 1.77. The SMILES string of the molecule is O=C(O)CCc1cccc(NC(=O)C2CSCCN2)c1. The summed E-state index contributed by atoms with van der Waals surface area (Å²) in [5, 5.41) is 14.7. The van der Waals surface area contributed by atoms with Crippen LogP contribution in [-0.2, 0) is 16.0 Å². The molecule has 2 rings (SSSR count). The molecule has 0 radical (unpaired) electrons. The van der Waals surface area contributed by atoms with Gasteiger partial charge >= 0.3 is 5.97 Å². The number of benzene rings is 1. The predicted molar refractivity (Wildman–Crippen MR) is 80.1 cm³/mol. The van der Waals surface area contributed by atoms with Crippen molar-refractivity contribution >= 4 is 29.3 Å². The molecule has 1 heterocycles. The van der Waals surface area contributed by atoms with Crippen molar-refractivity contribution in [2.75, 3.05) is 23.4 Å². The van der Waals surface area contributed by atoms with E-state index in [1.165, 1.54) is 0 Å². The first-order valence-electron chi connectivity index (χ1n) is 6.58. The first-order chi connectivity index (χ1) is 9.65. The van der Waals surface area contributed by atoms with Gasteiger partial charge in [0.05, 0.1) is 6.04 Å². The average molecular weight is 294 g/mol. The quantitative estimate of drug-likeness (QED) is 0.764. The number of hydrogen-bond acceptors (Lipinski definition) is 4. The van der Waals surface area contributed by atoms with Crippen molar-refractivity contribution in [3.63, 3.8) is 0 Å². The lowest BCUT2D eigenvalue weighted by Crippen LogP contribution is -2.46. The lowest BCUT2D eigenvalue weighted by Gasteiger charge is -2.22. The largest absolute Gasteiger partial charge is 0.481 e. The van der Waals surface area contributed by atoms with Gasteiger partial charge in [-0.1, -0.05) is 12.1 Å². The zero-order valence-electron chi connectivity index (χ0n) is 11.1. The Kier molecular flexibility index (Phi) is 5.43. The zero-order chi connectivity index (χ0) is 14.4. The van der Waals surface area contributed by atoms with Gasteiger partial charge in [-0.2, -0.15) is 11.8 Å². The Labute approximate surface area is 122 Å². The Hall–Kier alpha value is -1.53. The molecule has 0 saturated carbocycles. The molecule has 6 heteroatoms. The van der Waals surface area contributed by atoms with E-state index in [-0.39, 0.29) is 18.4 Å². The topological polar surface area (TPSA) is 78.4 Å². The molecule has 1 aromatic carbocycles. The van der Waals surface area contributed by atoms with Crippen LogP contribution in [0.15, 0.2) is 24.3 Å². The fourth-order valence-corrected chi connectivity index (χ4v) is 2.95. The van der Waals surface area contributed by atoms with Crippen molar-refractivity contribution < 1.29 is 14.7 Å². The molecule has 3 N–H and O–H groups in total.